The first kappa shape index (κ1) is 15.2. The molecule has 1 atom stereocenters. The molecule has 2 rings (SSSR count). The van der Waals surface area contributed by atoms with Crippen molar-refractivity contribution in [1.82, 2.24) is 4.72 Å². The summed E-state index contributed by atoms with van der Waals surface area (Å²) in [4.78, 5) is -0.168. The first-order valence-electron chi connectivity index (χ1n) is 6.67. The minimum Gasteiger partial charge on any atom is -0.492 e. The lowest BCUT2D eigenvalue weighted by Gasteiger charge is -2.25. The number of nitrogens with two attached hydrogens (primary N) is 1. The van der Waals surface area contributed by atoms with Crippen molar-refractivity contribution in [2.45, 2.75) is 37.1 Å². The molecule has 1 unspecified atom stereocenters. The second-order valence-corrected chi connectivity index (χ2v) is 6.55. The molecule has 0 radical (unpaired) electrons. The predicted octanol–water partition coefficient (Wildman–Crippen LogP) is 1.69. The van der Waals surface area contributed by atoms with Crippen LogP contribution in [0.1, 0.15) is 37.8 Å². The van der Waals surface area contributed by atoms with Crippen molar-refractivity contribution in [2.75, 3.05) is 13.2 Å². The highest BCUT2D eigenvalue weighted by atomic mass is 32.2. The summed E-state index contributed by atoms with van der Waals surface area (Å²) in [5, 5.41) is 0. The molecule has 1 aliphatic heterocycles. The lowest BCUT2D eigenvalue weighted by molar-refractivity contribution is 0.260. The highest BCUT2D eigenvalue weighted by molar-refractivity contribution is 7.89. The van der Waals surface area contributed by atoms with Crippen LogP contribution in [0.25, 0.3) is 0 Å². The first-order valence-corrected chi connectivity index (χ1v) is 8.15. The van der Waals surface area contributed by atoms with E-state index in [1.54, 1.807) is 0 Å². The number of benzene rings is 1. The van der Waals surface area contributed by atoms with E-state index in [1.807, 2.05) is 6.92 Å². The smallest absolute Gasteiger partial charge is 0.244 e. The Morgan fingerprint density at radius 3 is 2.95 bits per heavy atom. The van der Waals surface area contributed by atoms with E-state index in [4.69, 9.17) is 10.5 Å². The number of rotatable bonds is 5. The zero-order valence-corrected chi connectivity index (χ0v) is 12.2. The van der Waals surface area contributed by atoms with E-state index >= 15 is 0 Å². The molecule has 20 heavy (non-hydrogen) atoms. The van der Waals surface area contributed by atoms with Gasteiger partial charge in [0.1, 0.15) is 16.5 Å². The monoisotopic (exact) mass is 302 g/mol. The van der Waals surface area contributed by atoms with Gasteiger partial charge in [-0.05, 0) is 18.6 Å². The van der Waals surface area contributed by atoms with Crippen molar-refractivity contribution in [3.05, 3.63) is 23.5 Å². The molecule has 1 aromatic rings. The van der Waals surface area contributed by atoms with Gasteiger partial charge in [0.15, 0.2) is 0 Å². The summed E-state index contributed by atoms with van der Waals surface area (Å²) in [6.07, 6.45) is 2.13. The van der Waals surface area contributed by atoms with E-state index in [9.17, 15) is 12.8 Å². The lowest BCUT2D eigenvalue weighted by atomic mass is 10.0. The van der Waals surface area contributed by atoms with Crippen molar-refractivity contribution >= 4 is 10.0 Å². The Hall–Kier alpha value is -1.18. The topological polar surface area (TPSA) is 81.4 Å². The van der Waals surface area contributed by atoms with E-state index in [1.165, 1.54) is 6.07 Å². The summed E-state index contributed by atoms with van der Waals surface area (Å²) >= 11 is 0. The summed E-state index contributed by atoms with van der Waals surface area (Å²) in [7, 11) is -3.79. The van der Waals surface area contributed by atoms with Gasteiger partial charge in [-0.3, -0.25) is 0 Å². The molecule has 0 fully saturated rings. The molecule has 3 N–H and O–H groups in total. The van der Waals surface area contributed by atoms with Crippen LogP contribution < -0.4 is 15.2 Å². The Kier molecular flexibility index (Phi) is 4.62. The molecule has 0 saturated carbocycles. The molecule has 1 aromatic carbocycles. The Labute approximate surface area is 118 Å². The van der Waals surface area contributed by atoms with Crippen LogP contribution >= 0.6 is 0 Å². The Morgan fingerprint density at radius 1 is 1.50 bits per heavy atom. The van der Waals surface area contributed by atoms with E-state index in [0.717, 1.165) is 18.9 Å². The fourth-order valence-corrected chi connectivity index (χ4v) is 3.38. The minimum atomic E-state index is -3.79. The fraction of sp³-hybridized carbons (Fsp3) is 0.538. The third-order valence-electron chi connectivity index (χ3n) is 3.24. The van der Waals surface area contributed by atoms with E-state index in [0.29, 0.717) is 25.1 Å². The second kappa shape index (κ2) is 6.07. The molecule has 1 aliphatic rings. The molecule has 5 nitrogen and oxygen atoms in total. The van der Waals surface area contributed by atoms with Crippen molar-refractivity contribution in [1.29, 1.82) is 0 Å². The fourth-order valence-electron chi connectivity index (χ4n) is 2.12. The third-order valence-corrected chi connectivity index (χ3v) is 4.70. The summed E-state index contributed by atoms with van der Waals surface area (Å²) in [5.74, 6) is -0.449. The molecular formula is C13H19FN2O3S. The standard InChI is InChI=1S/C13H19FN2O3S/c1-2-3-5-16-20(17,18)12-8-9(14)7-10-11(15)4-6-19-13(10)12/h7-8,11,16H,2-6,15H2,1H3. The van der Waals surface area contributed by atoms with Crippen molar-refractivity contribution in [3.8, 4) is 5.75 Å². The quantitative estimate of drug-likeness (QED) is 0.811. The molecule has 1 heterocycles. The zero-order valence-electron chi connectivity index (χ0n) is 11.4. The first-order chi connectivity index (χ1) is 9.45. The summed E-state index contributed by atoms with van der Waals surface area (Å²) in [5.41, 5.74) is 6.30. The van der Waals surface area contributed by atoms with Gasteiger partial charge in [0.05, 0.1) is 6.61 Å². The number of unbranched alkanes of at least 4 members (excludes halogenated alkanes) is 1. The van der Waals surface area contributed by atoms with E-state index < -0.39 is 21.9 Å². The second-order valence-electron chi connectivity index (χ2n) is 4.82. The summed E-state index contributed by atoms with van der Waals surface area (Å²) in [6.45, 7) is 2.61. The number of nitrogens with one attached hydrogen (secondary N) is 1. The van der Waals surface area contributed by atoms with Gasteiger partial charge in [0.25, 0.3) is 0 Å². The minimum absolute atomic E-state index is 0.168. The molecule has 0 aliphatic carbocycles. The molecule has 0 spiro atoms. The molecular weight excluding hydrogens is 283 g/mol. The van der Waals surface area contributed by atoms with Crippen LogP contribution in [0, 0.1) is 5.82 Å². The van der Waals surface area contributed by atoms with Gasteiger partial charge in [-0.1, -0.05) is 13.3 Å². The van der Waals surface area contributed by atoms with Crippen LogP contribution in [0.5, 0.6) is 5.75 Å². The number of ether oxygens (including phenoxy) is 1. The van der Waals surface area contributed by atoms with Crippen LogP contribution in [0.4, 0.5) is 4.39 Å². The van der Waals surface area contributed by atoms with E-state index in [-0.39, 0.29) is 10.6 Å². The number of sulfonamides is 1. The Morgan fingerprint density at radius 2 is 2.25 bits per heavy atom. The average molecular weight is 302 g/mol. The van der Waals surface area contributed by atoms with Gasteiger partial charge in [0.2, 0.25) is 10.0 Å². The lowest BCUT2D eigenvalue weighted by Crippen LogP contribution is -2.28. The molecule has 0 amide bonds. The highest BCUT2D eigenvalue weighted by Gasteiger charge is 2.28. The van der Waals surface area contributed by atoms with Gasteiger partial charge in [-0.2, -0.15) is 0 Å². The molecule has 0 aromatic heterocycles. The highest BCUT2D eigenvalue weighted by Crippen LogP contribution is 2.36. The molecule has 7 heteroatoms. The largest absolute Gasteiger partial charge is 0.492 e. The Bertz CT molecular complexity index is 590. The van der Waals surface area contributed by atoms with Gasteiger partial charge in [-0.25, -0.2) is 17.5 Å². The summed E-state index contributed by atoms with van der Waals surface area (Å²) in [6, 6.07) is 1.81. The number of hydrogen-bond acceptors (Lipinski definition) is 4. The molecule has 0 saturated heterocycles. The SMILES string of the molecule is CCCCNS(=O)(=O)c1cc(F)cc2c1OCCC2N. The van der Waals surface area contributed by atoms with Gasteiger partial charge in [-0.15, -0.1) is 0 Å². The number of hydrogen-bond donors (Lipinski definition) is 2. The number of halogens is 1. The number of fused-ring (bicyclic) bond motifs is 1. The summed E-state index contributed by atoms with van der Waals surface area (Å²) < 4.78 is 46.0. The normalized spacial score (nSPS) is 18.4. The van der Waals surface area contributed by atoms with Crippen LogP contribution in [-0.2, 0) is 10.0 Å². The van der Waals surface area contributed by atoms with Crippen LogP contribution in [-0.4, -0.2) is 21.6 Å². The van der Waals surface area contributed by atoms with Crippen LogP contribution in [0.3, 0.4) is 0 Å². The van der Waals surface area contributed by atoms with Gasteiger partial charge >= 0.3 is 0 Å². The van der Waals surface area contributed by atoms with Gasteiger partial charge < -0.3 is 10.5 Å². The van der Waals surface area contributed by atoms with Crippen molar-refractivity contribution in [2.24, 2.45) is 5.73 Å². The molecule has 112 valence electrons. The zero-order chi connectivity index (χ0) is 14.8. The third kappa shape index (κ3) is 3.11. The average Bonchev–Trinajstić information content (AvgIpc) is 2.39. The van der Waals surface area contributed by atoms with Crippen molar-refractivity contribution < 1.29 is 17.5 Å². The van der Waals surface area contributed by atoms with E-state index in [2.05, 4.69) is 4.72 Å². The maximum Gasteiger partial charge on any atom is 0.244 e. The predicted molar refractivity (Wildman–Crippen MR) is 73.5 cm³/mol. The maximum absolute atomic E-state index is 13.6. The molecule has 0 bridgehead atoms. The Balaban J connectivity index is 2.41. The maximum atomic E-state index is 13.6. The van der Waals surface area contributed by atoms with Crippen LogP contribution in [0.2, 0.25) is 0 Å². The van der Waals surface area contributed by atoms with Crippen LogP contribution in [0.15, 0.2) is 17.0 Å². The van der Waals surface area contributed by atoms with Gasteiger partial charge in [0, 0.05) is 24.6 Å². The van der Waals surface area contributed by atoms with Crippen molar-refractivity contribution in [3.63, 3.8) is 0 Å².